The highest BCUT2D eigenvalue weighted by atomic mass is 16.5. The number of amides is 1. The van der Waals surface area contributed by atoms with Crippen molar-refractivity contribution in [2.24, 2.45) is 0 Å². The van der Waals surface area contributed by atoms with Gasteiger partial charge in [-0.25, -0.2) is 4.98 Å². The minimum absolute atomic E-state index is 0.135. The molecular weight excluding hydrogens is 266 g/mol. The molecule has 1 aromatic carbocycles. The number of nitrogens with one attached hydrogen (secondary N) is 1. The third-order valence-electron chi connectivity index (χ3n) is 3.36. The van der Waals surface area contributed by atoms with Crippen LogP contribution in [0.15, 0.2) is 48.7 Å². The van der Waals surface area contributed by atoms with Crippen LogP contribution in [-0.4, -0.2) is 30.0 Å². The number of rotatable bonds is 3. The van der Waals surface area contributed by atoms with Gasteiger partial charge in [-0.15, -0.1) is 0 Å². The van der Waals surface area contributed by atoms with Gasteiger partial charge in [-0.05, 0) is 36.4 Å². The van der Waals surface area contributed by atoms with Gasteiger partial charge < -0.3 is 9.72 Å². The van der Waals surface area contributed by atoms with Crippen molar-refractivity contribution in [1.29, 1.82) is 0 Å². The number of benzene rings is 1. The van der Waals surface area contributed by atoms with Crippen LogP contribution in [0.3, 0.4) is 0 Å². The van der Waals surface area contributed by atoms with Crippen molar-refractivity contribution in [3.8, 4) is 5.75 Å². The van der Waals surface area contributed by atoms with Crippen molar-refractivity contribution in [2.75, 3.05) is 19.1 Å². The van der Waals surface area contributed by atoms with Gasteiger partial charge in [0.2, 0.25) is 0 Å². The lowest BCUT2D eigenvalue weighted by Crippen LogP contribution is -2.27. The average molecular weight is 281 g/mol. The molecule has 5 nitrogen and oxygen atoms in total. The number of hydrogen-bond acceptors (Lipinski definition) is 3. The summed E-state index contributed by atoms with van der Waals surface area (Å²) in [6.45, 7) is 0. The summed E-state index contributed by atoms with van der Waals surface area (Å²) in [5.41, 5.74) is 1.42. The van der Waals surface area contributed by atoms with Crippen LogP contribution in [0.5, 0.6) is 5.75 Å². The monoisotopic (exact) mass is 281 g/mol. The van der Waals surface area contributed by atoms with Gasteiger partial charge >= 0.3 is 0 Å². The second kappa shape index (κ2) is 5.28. The Hall–Kier alpha value is -2.82. The number of nitrogens with zero attached hydrogens (tertiary/aromatic N) is 2. The summed E-state index contributed by atoms with van der Waals surface area (Å²) in [5.74, 6) is 1.24. The molecule has 1 amide bonds. The number of pyridine rings is 1. The van der Waals surface area contributed by atoms with E-state index in [2.05, 4.69) is 9.97 Å². The number of carbonyl (C=O) groups excluding carboxylic acids is 1. The first-order chi connectivity index (χ1) is 10.2. The first-order valence-corrected chi connectivity index (χ1v) is 6.55. The molecule has 0 spiro atoms. The van der Waals surface area contributed by atoms with Crippen molar-refractivity contribution in [2.45, 2.75) is 0 Å². The highest BCUT2D eigenvalue weighted by Gasteiger charge is 2.16. The Morgan fingerprint density at radius 1 is 1.24 bits per heavy atom. The van der Waals surface area contributed by atoms with Gasteiger partial charge in [-0.2, -0.15) is 0 Å². The molecule has 21 heavy (non-hydrogen) atoms. The molecule has 1 N–H and O–H groups in total. The van der Waals surface area contributed by atoms with Crippen LogP contribution in [0, 0.1) is 0 Å². The second-order valence-electron chi connectivity index (χ2n) is 4.69. The maximum absolute atomic E-state index is 12.5. The fourth-order valence-electron chi connectivity index (χ4n) is 2.19. The van der Waals surface area contributed by atoms with Crippen molar-refractivity contribution >= 4 is 22.6 Å². The second-order valence-corrected chi connectivity index (χ2v) is 4.69. The zero-order valence-electron chi connectivity index (χ0n) is 11.8. The highest BCUT2D eigenvalue weighted by molar-refractivity contribution is 6.06. The summed E-state index contributed by atoms with van der Waals surface area (Å²) < 4.78 is 5.19. The topological polar surface area (TPSA) is 58.2 Å². The number of hydrogen-bond donors (Lipinski definition) is 1. The number of methoxy groups -OCH3 is 1. The van der Waals surface area contributed by atoms with Crippen LogP contribution in [0.4, 0.5) is 5.82 Å². The molecule has 3 rings (SSSR count). The molecule has 0 aliphatic rings. The molecule has 0 aliphatic heterocycles. The Labute approximate surface area is 122 Å². The minimum atomic E-state index is -0.135. The van der Waals surface area contributed by atoms with Crippen LogP contribution in [0.25, 0.3) is 10.9 Å². The van der Waals surface area contributed by atoms with Crippen LogP contribution >= 0.6 is 0 Å². The smallest absolute Gasteiger partial charge is 0.275 e. The van der Waals surface area contributed by atoms with E-state index in [9.17, 15) is 4.79 Å². The Morgan fingerprint density at radius 3 is 2.81 bits per heavy atom. The predicted molar refractivity (Wildman–Crippen MR) is 81.8 cm³/mol. The van der Waals surface area contributed by atoms with E-state index < -0.39 is 0 Å². The van der Waals surface area contributed by atoms with E-state index in [4.69, 9.17) is 4.74 Å². The van der Waals surface area contributed by atoms with Gasteiger partial charge in [-0.3, -0.25) is 9.69 Å². The van der Waals surface area contributed by atoms with E-state index in [1.807, 2.05) is 36.4 Å². The summed E-state index contributed by atoms with van der Waals surface area (Å²) in [7, 11) is 3.32. The quantitative estimate of drug-likeness (QED) is 0.803. The molecule has 106 valence electrons. The standard InChI is InChI=1S/C16H15N3O2/c1-19(15-5-3-4-8-17-15)16(20)14-10-11-9-12(21-2)6-7-13(11)18-14/h3-10,18H,1-2H3. The fraction of sp³-hybridized carbons (Fsp3) is 0.125. The zero-order chi connectivity index (χ0) is 14.8. The summed E-state index contributed by atoms with van der Waals surface area (Å²) in [5, 5.41) is 0.937. The lowest BCUT2D eigenvalue weighted by Gasteiger charge is -2.14. The van der Waals surface area contributed by atoms with E-state index in [0.29, 0.717) is 11.5 Å². The van der Waals surface area contributed by atoms with Crippen molar-refractivity contribution < 1.29 is 9.53 Å². The van der Waals surface area contributed by atoms with E-state index in [0.717, 1.165) is 16.7 Å². The number of fused-ring (bicyclic) bond motifs is 1. The van der Waals surface area contributed by atoms with Gasteiger partial charge in [-0.1, -0.05) is 6.07 Å². The molecule has 0 aliphatic carbocycles. The van der Waals surface area contributed by atoms with Gasteiger partial charge in [0.15, 0.2) is 0 Å². The Morgan fingerprint density at radius 2 is 2.10 bits per heavy atom. The summed E-state index contributed by atoms with van der Waals surface area (Å²) in [6.07, 6.45) is 1.66. The van der Waals surface area contributed by atoms with Gasteiger partial charge in [0.1, 0.15) is 17.3 Å². The molecule has 3 aromatic rings. The van der Waals surface area contributed by atoms with E-state index >= 15 is 0 Å². The van der Waals surface area contributed by atoms with E-state index in [-0.39, 0.29) is 5.91 Å². The van der Waals surface area contributed by atoms with Crippen LogP contribution < -0.4 is 9.64 Å². The van der Waals surface area contributed by atoms with Crippen molar-refractivity contribution in [3.63, 3.8) is 0 Å². The maximum Gasteiger partial charge on any atom is 0.275 e. The molecular formula is C16H15N3O2. The summed E-state index contributed by atoms with van der Waals surface area (Å²) in [6, 6.07) is 12.9. The number of anilines is 1. The molecule has 0 fully saturated rings. The lowest BCUT2D eigenvalue weighted by molar-refractivity contribution is 0.0988. The molecule has 5 heteroatoms. The summed E-state index contributed by atoms with van der Waals surface area (Å²) in [4.78, 5) is 21.3. The van der Waals surface area contributed by atoms with Crippen molar-refractivity contribution in [1.82, 2.24) is 9.97 Å². The molecule has 2 heterocycles. The normalized spacial score (nSPS) is 10.6. The predicted octanol–water partition coefficient (Wildman–Crippen LogP) is 2.85. The lowest BCUT2D eigenvalue weighted by atomic mass is 10.2. The van der Waals surface area contributed by atoms with Gasteiger partial charge in [0.25, 0.3) is 5.91 Å². The maximum atomic E-state index is 12.5. The Bertz CT molecular complexity index is 781. The number of H-pyrrole nitrogens is 1. The van der Waals surface area contributed by atoms with Gasteiger partial charge in [0.05, 0.1) is 7.11 Å². The number of aromatic nitrogens is 2. The number of aromatic amines is 1. The Balaban J connectivity index is 1.94. The number of ether oxygens (including phenoxy) is 1. The van der Waals surface area contributed by atoms with E-state index in [1.54, 1.807) is 26.4 Å². The molecule has 0 saturated carbocycles. The summed E-state index contributed by atoms with van der Waals surface area (Å²) >= 11 is 0. The third kappa shape index (κ3) is 2.45. The molecule has 0 radical (unpaired) electrons. The highest BCUT2D eigenvalue weighted by Crippen LogP contribution is 2.22. The van der Waals surface area contributed by atoms with Gasteiger partial charge in [0, 0.05) is 24.1 Å². The van der Waals surface area contributed by atoms with Crippen molar-refractivity contribution in [3.05, 3.63) is 54.4 Å². The zero-order valence-corrected chi connectivity index (χ0v) is 11.8. The van der Waals surface area contributed by atoms with Crippen LogP contribution in [0.2, 0.25) is 0 Å². The largest absolute Gasteiger partial charge is 0.497 e. The molecule has 0 bridgehead atoms. The SMILES string of the molecule is COc1ccc2[nH]c(C(=O)N(C)c3ccccn3)cc2c1. The Kier molecular flexibility index (Phi) is 3.31. The van der Waals surface area contributed by atoms with E-state index in [1.165, 1.54) is 4.90 Å². The van der Waals surface area contributed by atoms with Crippen LogP contribution in [-0.2, 0) is 0 Å². The number of carbonyl (C=O) groups is 1. The minimum Gasteiger partial charge on any atom is -0.497 e. The third-order valence-corrected chi connectivity index (χ3v) is 3.36. The molecule has 0 saturated heterocycles. The fourth-order valence-corrected chi connectivity index (χ4v) is 2.19. The van der Waals surface area contributed by atoms with Crippen LogP contribution in [0.1, 0.15) is 10.5 Å². The molecule has 0 unspecified atom stereocenters. The first kappa shape index (κ1) is 13.2. The average Bonchev–Trinajstić information content (AvgIpc) is 2.97. The molecule has 0 atom stereocenters. The molecule has 2 aromatic heterocycles. The first-order valence-electron chi connectivity index (χ1n) is 6.55.